The summed E-state index contributed by atoms with van der Waals surface area (Å²) in [6.07, 6.45) is 2.39. The molecule has 0 aliphatic rings. The second-order valence-electron chi connectivity index (χ2n) is 3.61. The summed E-state index contributed by atoms with van der Waals surface area (Å²) < 4.78 is 13.2. The number of nitrogens with zero attached hydrogens (tertiary/aromatic N) is 1. The number of halogens is 3. The van der Waals surface area contributed by atoms with Gasteiger partial charge in [0.1, 0.15) is 0 Å². The summed E-state index contributed by atoms with van der Waals surface area (Å²) in [5, 5.41) is 1.49. The van der Waals surface area contributed by atoms with Crippen molar-refractivity contribution in [1.82, 2.24) is 4.98 Å². The van der Waals surface area contributed by atoms with E-state index in [9.17, 15) is 4.39 Å². The molecule has 1 aromatic heterocycles. The topological polar surface area (TPSA) is 12.9 Å². The zero-order chi connectivity index (χ0) is 12.3. The molecule has 17 heavy (non-hydrogen) atoms. The van der Waals surface area contributed by atoms with E-state index in [1.165, 1.54) is 6.07 Å². The van der Waals surface area contributed by atoms with Crippen LogP contribution in [0.25, 0.3) is 11.1 Å². The minimum absolute atomic E-state index is 0.465. The Morgan fingerprint density at radius 1 is 1.24 bits per heavy atom. The monoisotopic (exact) mass is 313 g/mol. The molecule has 1 heterocycles. The molecule has 1 aromatic carbocycles. The molecule has 1 nitrogen and oxygen atoms in total. The normalized spacial score (nSPS) is 10.5. The molecule has 0 amide bonds. The number of aryl methyl sites for hydroxylation is 1. The predicted octanol–water partition coefficient (Wildman–Crippen LogP) is 4.48. The number of aromatic nitrogens is 1. The summed E-state index contributed by atoms with van der Waals surface area (Å²) in [6.45, 7) is 0. The fraction of sp³-hybridized carbons (Fsp3) is 0.154. The number of alkyl halides is 1. The molecule has 0 unspecified atom stereocenters. The number of hydrogen-bond donors (Lipinski definition) is 0. The lowest BCUT2D eigenvalue weighted by atomic mass is 10.0. The molecule has 0 radical (unpaired) electrons. The zero-order valence-corrected chi connectivity index (χ0v) is 11.3. The van der Waals surface area contributed by atoms with Gasteiger partial charge in [-0.3, -0.25) is 0 Å². The average Bonchev–Trinajstić information content (AvgIpc) is 2.33. The lowest BCUT2D eigenvalue weighted by Crippen LogP contribution is -1.95. The van der Waals surface area contributed by atoms with Crippen molar-refractivity contribution in [3.05, 3.63) is 53.1 Å². The van der Waals surface area contributed by atoms with Gasteiger partial charge in [-0.05, 0) is 35.2 Å². The largest absolute Gasteiger partial charge is 0.228 e. The van der Waals surface area contributed by atoms with Crippen molar-refractivity contribution < 1.29 is 4.39 Å². The molecular formula is C13H10BrClFN. The van der Waals surface area contributed by atoms with Crippen molar-refractivity contribution in [2.75, 3.05) is 5.33 Å². The number of rotatable bonds is 3. The summed E-state index contributed by atoms with van der Waals surface area (Å²) >= 11 is 9.22. The Labute approximate surface area is 113 Å². The van der Waals surface area contributed by atoms with Crippen LogP contribution in [0.4, 0.5) is 4.39 Å². The number of hydrogen-bond acceptors (Lipinski definition) is 1. The van der Waals surface area contributed by atoms with Gasteiger partial charge in [-0.2, -0.15) is 4.39 Å². The summed E-state index contributed by atoms with van der Waals surface area (Å²) in [4.78, 5) is 3.69. The third-order valence-corrected chi connectivity index (χ3v) is 3.12. The van der Waals surface area contributed by atoms with Gasteiger partial charge in [-0.25, -0.2) is 4.98 Å². The van der Waals surface area contributed by atoms with Crippen molar-refractivity contribution in [2.45, 2.75) is 6.42 Å². The van der Waals surface area contributed by atoms with Crippen LogP contribution in [0.5, 0.6) is 0 Å². The molecule has 2 rings (SSSR count). The first-order valence-electron chi connectivity index (χ1n) is 5.17. The maximum Gasteiger partial charge on any atom is 0.213 e. The van der Waals surface area contributed by atoms with E-state index in [1.54, 1.807) is 18.3 Å². The first-order chi connectivity index (χ1) is 8.20. The minimum Gasteiger partial charge on any atom is -0.228 e. The van der Waals surface area contributed by atoms with Crippen molar-refractivity contribution in [3.8, 4) is 11.1 Å². The van der Waals surface area contributed by atoms with Crippen molar-refractivity contribution >= 4 is 27.5 Å². The van der Waals surface area contributed by atoms with E-state index in [2.05, 4.69) is 20.9 Å². The van der Waals surface area contributed by atoms with Crippen LogP contribution in [-0.4, -0.2) is 10.3 Å². The van der Waals surface area contributed by atoms with Gasteiger partial charge in [0.2, 0.25) is 5.95 Å². The van der Waals surface area contributed by atoms with Crippen molar-refractivity contribution in [3.63, 3.8) is 0 Å². The molecular weight excluding hydrogens is 305 g/mol. The van der Waals surface area contributed by atoms with Crippen molar-refractivity contribution in [1.29, 1.82) is 0 Å². The quantitative estimate of drug-likeness (QED) is 0.601. The minimum atomic E-state index is -0.465. The van der Waals surface area contributed by atoms with E-state index in [0.717, 1.165) is 28.4 Å². The van der Waals surface area contributed by atoms with Crippen LogP contribution in [0.1, 0.15) is 5.56 Å². The lowest BCUT2D eigenvalue weighted by Gasteiger charge is -2.08. The van der Waals surface area contributed by atoms with Crippen LogP contribution in [0, 0.1) is 5.95 Å². The van der Waals surface area contributed by atoms with Gasteiger partial charge in [0.15, 0.2) is 0 Å². The third kappa shape index (κ3) is 3.05. The highest BCUT2D eigenvalue weighted by atomic mass is 79.9. The number of benzene rings is 1. The molecule has 0 bridgehead atoms. The van der Waals surface area contributed by atoms with Crippen LogP contribution in [0.3, 0.4) is 0 Å². The SMILES string of the molecule is Fc1cc(-c2ccc(Cl)cc2)c(CCBr)cn1. The van der Waals surface area contributed by atoms with E-state index >= 15 is 0 Å². The zero-order valence-electron chi connectivity index (χ0n) is 8.96. The smallest absolute Gasteiger partial charge is 0.213 e. The van der Waals surface area contributed by atoms with Crippen LogP contribution in [0.2, 0.25) is 5.02 Å². The molecule has 0 saturated heterocycles. The fourth-order valence-electron chi connectivity index (χ4n) is 1.66. The molecule has 0 atom stereocenters. The molecule has 4 heteroatoms. The van der Waals surface area contributed by atoms with Gasteiger partial charge in [0.25, 0.3) is 0 Å². The highest BCUT2D eigenvalue weighted by molar-refractivity contribution is 9.09. The summed E-state index contributed by atoms with van der Waals surface area (Å²) in [5.41, 5.74) is 2.84. The van der Waals surface area contributed by atoms with Crippen molar-refractivity contribution in [2.24, 2.45) is 0 Å². The summed E-state index contributed by atoms with van der Waals surface area (Å²) in [5.74, 6) is -0.465. The molecule has 0 aliphatic heterocycles. The fourth-order valence-corrected chi connectivity index (χ4v) is 2.21. The molecule has 0 fully saturated rings. The van der Waals surface area contributed by atoms with E-state index in [4.69, 9.17) is 11.6 Å². The van der Waals surface area contributed by atoms with Crippen LogP contribution in [0.15, 0.2) is 36.5 Å². The first-order valence-corrected chi connectivity index (χ1v) is 6.67. The maximum atomic E-state index is 13.2. The van der Waals surface area contributed by atoms with E-state index in [0.29, 0.717) is 5.02 Å². The van der Waals surface area contributed by atoms with Gasteiger partial charge in [0.05, 0.1) is 0 Å². The Morgan fingerprint density at radius 2 is 1.94 bits per heavy atom. The number of pyridine rings is 1. The predicted molar refractivity (Wildman–Crippen MR) is 72.1 cm³/mol. The molecule has 0 N–H and O–H groups in total. The summed E-state index contributed by atoms with van der Waals surface area (Å²) in [7, 11) is 0. The maximum absolute atomic E-state index is 13.2. The highest BCUT2D eigenvalue weighted by Gasteiger charge is 2.07. The lowest BCUT2D eigenvalue weighted by molar-refractivity contribution is 0.583. The van der Waals surface area contributed by atoms with Gasteiger partial charge in [0, 0.05) is 22.6 Å². The molecule has 0 aliphatic carbocycles. The highest BCUT2D eigenvalue weighted by Crippen LogP contribution is 2.26. The molecule has 88 valence electrons. The summed E-state index contributed by atoms with van der Waals surface area (Å²) in [6, 6.07) is 8.82. The van der Waals surface area contributed by atoms with Gasteiger partial charge in [-0.15, -0.1) is 0 Å². The Balaban J connectivity index is 2.48. The van der Waals surface area contributed by atoms with E-state index in [1.807, 2.05) is 12.1 Å². The van der Waals surface area contributed by atoms with E-state index in [-0.39, 0.29) is 0 Å². The first kappa shape index (κ1) is 12.5. The Kier molecular flexibility index (Phi) is 4.13. The average molecular weight is 315 g/mol. The van der Waals surface area contributed by atoms with Crippen LogP contribution >= 0.6 is 27.5 Å². The standard InChI is InChI=1S/C13H10BrClFN/c14-6-5-10-8-17-13(16)7-12(10)9-1-3-11(15)4-2-9/h1-4,7-8H,5-6H2. The van der Waals surface area contributed by atoms with Gasteiger partial charge >= 0.3 is 0 Å². The van der Waals surface area contributed by atoms with Gasteiger partial charge < -0.3 is 0 Å². The second kappa shape index (κ2) is 5.61. The van der Waals surface area contributed by atoms with Crippen LogP contribution < -0.4 is 0 Å². The molecule has 0 saturated carbocycles. The molecule has 0 spiro atoms. The van der Waals surface area contributed by atoms with E-state index < -0.39 is 5.95 Å². The molecule has 2 aromatic rings. The second-order valence-corrected chi connectivity index (χ2v) is 4.84. The Hall–Kier alpha value is -0.930. The Bertz CT molecular complexity index is 513. The van der Waals surface area contributed by atoms with Gasteiger partial charge in [-0.1, -0.05) is 39.7 Å². The third-order valence-electron chi connectivity index (χ3n) is 2.47. The Morgan fingerprint density at radius 3 is 2.59 bits per heavy atom. The van der Waals surface area contributed by atoms with Crippen LogP contribution in [-0.2, 0) is 6.42 Å².